The van der Waals surface area contributed by atoms with Crippen molar-refractivity contribution in [3.63, 3.8) is 0 Å². The van der Waals surface area contributed by atoms with Crippen molar-refractivity contribution in [2.45, 2.75) is 26.7 Å². The van der Waals surface area contributed by atoms with E-state index in [2.05, 4.69) is 13.8 Å². The van der Waals surface area contributed by atoms with Crippen LogP contribution in [0.4, 0.5) is 0 Å². The smallest absolute Gasteiger partial charge is 0.161 e. The van der Waals surface area contributed by atoms with E-state index in [1.54, 1.807) is 7.11 Å². The molecule has 1 rings (SSSR count). The van der Waals surface area contributed by atoms with Gasteiger partial charge in [-0.2, -0.15) is 0 Å². The molecule has 3 nitrogen and oxygen atoms in total. The van der Waals surface area contributed by atoms with Crippen LogP contribution in [0.25, 0.3) is 0 Å². The van der Waals surface area contributed by atoms with Crippen LogP contribution < -0.4 is 15.2 Å². The van der Waals surface area contributed by atoms with Crippen LogP contribution >= 0.6 is 0 Å². The van der Waals surface area contributed by atoms with E-state index in [4.69, 9.17) is 15.2 Å². The zero-order chi connectivity index (χ0) is 12.7. The Morgan fingerprint density at radius 1 is 1.24 bits per heavy atom. The Balaban J connectivity index is 2.51. The minimum absolute atomic E-state index is 0.169. The molecule has 96 valence electrons. The summed E-state index contributed by atoms with van der Waals surface area (Å²) in [4.78, 5) is 0. The van der Waals surface area contributed by atoms with Crippen molar-refractivity contribution in [2.24, 2.45) is 11.1 Å². The minimum atomic E-state index is 0.169. The molecule has 0 fully saturated rings. The van der Waals surface area contributed by atoms with Crippen LogP contribution in [0.5, 0.6) is 11.5 Å². The molecule has 17 heavy (non-hydrogen) atoms. The Labute approximate surface area is 104 Å². The molecule has 0 bridgehead atoms. The normalized spacial score (nSPS) is 14.1. The molecule has 0 radical (unpaired) electrons. The van der Waals surface area contributed by atoms with E-state index in [1.807, 2.05) is 24.3 Å². The van der Waals surface area contributed by atoms with Gasteiger partial charge in [-0.1, -0.05) is 26.0 Å². The summed E-state index contributed by atoms with van der Waals surface area (Å²) in [6.07, 6.45) is 2.02. The molecule has 0 amide bonds. The number of benzene rings is 1. The first-order valence-electron chi connectivity index (χ1n) is 6.11. The van der Waals surface area contributed by atoms with E-state index in [0.717, 1.165) is 24.3 Å². The van der Waals surface area contributed by atoms with Gasteiger partial charge in [0.25, 0.3) is 0 Å². The van der Waals surface area contributed by atoms with Gasteiger partial charge in [-0.15, -0.1) is 0 Å². The molecule has 1 atom stereocenters. The molecule has 1 aromatic rings. The fraction of sp³-hybridized carbons (Fsp3) is 0.571. The Morgan fingerprint density at radius 2 is 1.88 bits per heavy atom. The highest BCUT2D eigenvalue weighted by Gasteiger charge is 2.20. The maximum atomic E-state index is 5.77. The van der Waals surface area contributed by atoms with Crippen LogP contribution in [0, 0.1) is 5.41 Å². The van der Waals surface area contributed by atoms with Crippen molar-refractivity contribution in [3.8, 4) is 11.5 Å². The predicted octanol–water partition coefficient (Wildman–Crippen LogP) is 2.84. The minimum Gasteiger partial charge on any atom is -0.493 e. The molecule has 0 spiro atoms. The topological polar surface area (TPSA) is 44.5 Å². The Kier molecular flexibility index (Phi) is 5.29. The summed E-state index contributed by atoms with van der Waals surface area (Å²) >= 11 is 0. The van der Waals surface area contributed by atoms with E-state index in [0.29, 0.717) is 13.2 Å². The second-order valence-electron chi connectivity index (χ2n) is 4.62. The molecule has 1 unspecified atom stereocenters. The van der Waals surface area contributed by atoms with Gasteiger partial charge in [0.05, 0.1) is 13.7 Å². The highest BCUT2D eigenvalue weighted by molar-refractivity contribution is 5.39. The zero-order valence-corrected chi connectivity index (χ0v) is 11.0. The summed E-state index contributed by atoms with van der Waals surface area (Å²) in [7, 11) is 1.65. The zero-order valence-electron chi connectivity index (χ0n) is 11.0. The standard InChI is InChI=1S/C14H23NO2/c1-4-14(2,11-15)9-10-17-13-8-6-5-7-12(13)16-3/h5-8H,4,9-11,15H2,1-3H3. The lowest BCUT2D eigenvalue weighted by Crippen LogP contribution is -2.28. The molecular weight excluding hydrogens is 214 g/mol. The van der Waals surface area contributed by atoms with Gasteiger partial charge >= 0.3 is 0 Å². The Bertz CT molecular complexity index is 335. The summed E-state index contributed by atoms with van der Waals surface area (Å²) in [6, 6.07) is 7.70. The maximum absolute atomic E-state index is 5.77. The highest BCUT2D eigenvalue weighted by Crippen LogP contribution is 2.28. The lowest BCUT2D eigenvalue weighted by molar-refractivity contribution is 0.206. The van der Waals surface area contributed by atoms with Gasteiger partial charge in [0.1, 0.15) is 0 Å². The number of hydrogen-bond donors (Lipinski definition) is 1. The van der Waals surface area contributed by atoms with Gasteiger partial charge in [-0.25, -0.2) is 0 Å². The van der Waals surface area contributed by atoms with E-state index in [-0.39, 0.29) is 5.41 Å². The summed E-state index contributed by atoms with van der Waals surface area (Å²) in [6.45, 7) is 5.72. The van der Waals surface area contributed by atoms with Gasteiger partial charge in [0.15, 0.2) is 11.5 Å². The van der Waals surface area contributed by atoms with Crippen LogP contribution in [-0.2, 0) is 0 Å². The summed E-state index contributed by atoms with van der Waals surface area (Å²) < 4.78 is 11.0. The molecule has 3 heteroatoms. The van der Waals surface area contributed by atoms with Gasteiger partial charge in [0, 0.05) is 0 Å². The van der Waals surface area contributed by atoms with Crippen LogP contribution in [-0.4, -0.2) is 20.3 Å². The van der Waals surface area contributed by atoms with Gasteiger partial charge < -0.3 is 15.2 Å². The SMILES string of the molecule is CCC(C)(CN)CCOc1ccccc1OC. The molecule has 0 heterocycles. The summed E-state index contributed by atoms with van der Waals surface area (Å²) in [5.74, 6) is 1.57. The number of hydrogen-bond acceptors (Lipinski definition) is 3. The van der Waals surface area contributed by atoms with E-state index in [9.17, 15) is 0 Å². The number of nitrogens with two attached hydrogens (primary N) is 1. The average molecular weight is 237 g/mol. The monoisotopic (exact) mass is 237 g/mol. The number of methoxy groups -OCH3 is 1. The molecule has 2 N–H and O–H groups in total. The summed E-state index contributed by atoms with van der Waals surface area (Å²) in [5, 5.41) is 0. The Morgan fingerprint density at radius 3 is 2.41 bits per heavy atom. The largest absolute Gasteiger partial charge is 0.493 e. The van der Waals surface area contributed by atoms with E-state index in [1.165, 1.54) is 0 Å². The lowest BCUT2D eigenvalue weighted by atomic mass is 9.84. The third-order valence-corrected chi connectivity index (χ3v) is 3.38. The van der Waals surface area contributed by atoms with E-state index < -0.39 is 0 Å². The fourth-order valence-corrected chi connectivity index (χ4v) is 1.57. The van der Waals surface area contributed by atoms with Crippen molar-refractivity contribution in [3.05, 3.63) is 24.3 Å². The van der Waals surface area contributed by atoms with Crippen LogP contribution in [0.15, 0.2) is 24.3 Å². The fourth-order valence-electron chi connectivity index (χ4n) is 1.57. The second kappa shape index (κ2) is 6.50. The Hall–Kier alpha value is -1.22. The number of rotatable bonds is 7. The van der Waals surface area contributed by atoms with Crippen molar-refractivity contribution in [1.29, 1.82) is 0 Å². The van der Waals surface area contributed by atoms with E-state index >= 15 is 0 Å². The number of para-hydroxylation sites is 2. The van der Waals surface area contributed by atoms with Crippen molar-refractivity contribution in [2.75, 3.05) is 20.3 Å². The molecule has 0 saturated carbocycles. The van der Waals surface area contributed by atoms with Crippen LogP contribution in [0.2, 0.25) is 0 Å². The number of ether oxygens (including phenoxy) is 2. The molecule has 1 aromatic carbocycles. The first kappa shape index (κ1) is 13.8. The first-order chi connectivity index (χ1) is 8.15. The van der Waals surface area contributed by atoms with Gasteiger partial charge in [0.2, 0.25) is 0 Å². The third kappa shape index (κ3) is 3.93. The van der Waals surface area contributed by atoms with Crippen LogP contribution in [0.3, 0.4) is 0 Å². The van der Waals surface area contributed by atoms with Gasteiger partial charge in [-0.05, 0) is 36.9 Å². The van der Waals surface area contributed by atoms with Crippen LogP contribution in [0.1, 0.15) is 26.7 Å². The molecule has 0 aliphatic carbocycles. The molecule has 0 saturated heterocycles. The predicted molar refractivity (Wildman–Crippen MR) is 70.6 cm³/mol. The highest BCUT2D eigenvalue weighted by atomic mass is 16.5. The summed E-state index contributed by atoms with van der Waals surface area (Å²) in [5.41, 5.74) is 5.94. The quantitative estimate of drug-likeness (QED) is 0.793. The molecule has 0 aromatic heterocycles. The van der Waals surface area contributed by atoms with Crippen molar-refractivity contribution >= 4 is 0 Å². The molecule has 0 aliphatic rings. The third-order valence-electron chi connectivity index (χ3n) is 3.38. The maximum Gasteiger partial charge on any atom is 0.161 e. The molecule has 0 aliphatic heterocycles. The van der Waals surface area contributed by atoms with Gasteiger partial charge in [-0.3, -0.25) is 0 Å². The molecular formula is C14H23NO2. The average Bonchev–Trinajstić information content (AvgIpc) is 2.39. The first-order valence-corrected chi connectivity index (χ1v) is 6.11. The lowest BCUT2D eigenvalue weighted by Gasteiger charge is -2.26. The van der Waals surface area contributed by atoms with Crippen molar-refractivity contribution < 1.29 is 9.47 Å². The second-order valence-corrected chi connectivity index (χ2v) is 4.62. The van der Waals surface area contributed by atoms with Crippen molar-refractivity contribution in [1.82, 2.24) is 0 Å².